The number of halogens is 2. The zero-order valence-corrected chi connectivity index (χ0v) is 9.47. The van der Waals surface area contributed by atoms with Crippen molar-refractivity contribution in [3.63, 3.8) is 0 Å². The molecule has 0 heterocycles. The van der Waals surface area contributed by atoms with E-state index in [1.54, 1.807) is 12.1 Å². The number of hydrogen-bond donors (Lipinski definition) is 1. The number of hydrogen-bond acceptors (Lipinski definition) is 1. The van der Waals surface area contributed by atoms with Crippen LogP contribution in [0.2, 0.25) is 0 Å². The SMILES string of the molecule is CC(NC/C=C/CCl)c1ccc(F)cc1. The average molecular weight is 228 g/mol. The van der Waals surface area contributed by atoms with Gasteiger partial charge in [0.2, 0.25) is 0 Å². The molecule has 82 valence electrons. The zero-order valence-electron chi connectivity index (χ0n) is 8.71. The minimum Gasteiger partial charge on any atom is -0.307 e. The van der Waals surface area contributed by atoms with Gasteiger partial charge in [-0.1, -0.05) is 24.3 Å². The van der Waals surface area contributed by atoms with Crippen LogP contribution in [-0.4, -0.2) is 12.4 Å². The predicted octanol–water partition coefficient (Wildman–Crippen LogP) is 3.27. The lowest BCUT2D eigenvalue weighted by Gasteiger charge is -2.12. The molecule has 1 unspecified atom stereocenters. The van der Waals surface area contributed by atoms with Gasteiger partial charge in [-0.2, -0.15) is 0 Å². The van der Waals surface area contributed by atoms with Crippen LogP contribution in [0.4, 0.5) is 4.39 Å². The van der Waals surface area contributed by atoms with Crippen LogP contribution < -0.4 is 5.32 Å². The van der Waals surface area contributed by atoms with Gasteiger partial charge in [0.1, 0.15) is 5.82 Å². The third-order valence-corrected chi connectivity index (χ3v) is 2.35. The molecule has 0 saturated heterocycles. The van der Waals surface area contributed by atoms with Gasteiger partial charge in [0.25, 0.3) is 0 Å². The normalized spacial score (nSPS) is 13.3. The van der Waals surface area contributed by atoms with Crippen LogP contribution in [0, 0.1) is 5.82 Å². The average Bonchev–Trinajstić information content (AvgIpc) is 2.25. The topological polar surface area (TPSA) is 12.0 Å². The van der Waals surface area contributed by atoms with Crippen molar-refractivity contribution in [1.29, 1.82) is 0 Å². The highest BCUT2D eigenvalue weighted by Gasteiger charge is 2.02. The van der Waals surface area contributed by atoms with Gasteiger partial charge in [-0.15, -0.1) is 11.6 Å². The van der Waals surface area contributed by atoms with Gasteiger partial charge in [-0.25, -0.2) is 4.39 Å². The Morgan fingerprint density at radius 3 is 2.60 bits per heavy atom. The summed E-state index contributed by atoms with van der Waals surface area (Å²) < 4.78 is 12.7. The summed E-state index contributed by atoms with van der Waals surface area (Å²) in [6, 6.07) is 6.74. The van der Waals surface area contributed by atoms with Crippen molar-refractivity contribution in [3.05, 3.63) is 47.8 Å². The van der Waals surface area contributed by atoms with E-state index in [-0.39, 0.29) is 11.9 Å². The lowest BCUT2D eigenvalue weighted by atomic mass is 10.1. The Hall–Kier alpha value is -0.860. The molecular formula is C12H15ClFN. The summed E-state index contributed by atoms with van der Waals surface area (Å²) in [5, 5.41) is 3.29. The molecule has 0 radical (unpaired) electrons. The molecule has 1 aromatic carbocycles. The first-order chi connectivity index (χ1) is 7.24. The molecule has 1 aromatic rings. The third-order valence-electron chi connectivity index (χ3n) is 2.17. The van der Waals surface area contributed by atoms with Crippen molar-refractivity contribution in [1.82, 2.24) is 5.32 Å². The highest BCUT2D eigenvalue weighted by atomic mass is 35.5. The fraction of sp³-hybridized carbons (Fsp3) is 0.333. The van der Waals surface area contributed by atoms with E-state index >= 15 is 0 Å². The van der Waals surface area contributed by atoms with E-state index in [0.717, 1.165) is 12.1 Å². The molecule has 0 fully saturated rings. The van der Waals surface area contributed by atoms with E-state index in [1.807, 2.05) is 19.1 Å². The number of alkyl halides is 1. The lowest BCUT2D eigenvalue weighted by molar-refractivity contribution is 0.605. The molecule has 1 rings (SSSR count). The standard InChI is InChI=1S/C12H15ClFN/c1-10(15-9-3-2-8-13)11-4-6-12(14)7-5-11/h2-7,10,15H,8-9H2,1H3/b3-2+. The van der Waals surface area contributed by atoms with Crippen LogP contribution in [0.1, 0.15) is 18.5 Å². The van der Waals surface area contributed by atoms with Crippen molar-refractivity contribution >= 4 is 11.6 Å². The smallest absolute Gasteiger partial charge is 0.123 e. The molecule has 0 saturated carbocycles. The maximum atomic E-state index is 12.7. The van der Waals surface area contributed by atoms with Gasteiger partial charge in [0, 0.05) is 18.5 Å². The maximum Gasteiger partial charge on any atom is 0.123 e. The first-order valence-corrected chi connectivity index (χ1v) is 5.47. The highest BCUT2D eigenvalue weighted by Crippen LogP contribution is 2.12. The summed E-state index contributed by atoms with van der Waals surface area (Å²) in [6.45, 7) is 2.81. The van der Waals surface area contributed by atoms with Crippen LogP contribution >= 0.6 is 11.6 Å². The van der Waals surface area contributed by atoms with E-state index in [9.17, 15) is 4.39 Å². The Labute approximate surface area is 95.0 Å². The van der Waals surface area contributed by atoms with Crippen LogP contribution in [0.3, 0.4) is 0 Å². The van der Waals surface area contributed by atoms with Gasteiger partial charge in [0.15, 0.2) is 0 Å². The van der Waals surface area contributed by atoms with Crippen molar-refractivity contribution in [2.75, 3.05) is 12.4 Å². The van der Waals surface area contributed by atoms with Crippen LogP contribution in [0.5, 0.6) is 0 Å². The molecule has 1 nitrogen and oxygen atoms in total. The summed E-state index contributed by atoms with van der Waals surface area (Å²) in [5.74, 6) is 0.333. The monoisotopic (exact) mass is 227 g/mol. The number of rotatable bonds is 5. The van der Waals surface area contributed by atoms with E-state index < -0.39 is 0 Å². The van der Waals surface area contributed by atoms with Crippen LogP contribution in [0.25, 0.3) is 0 Å². The summed E-state index contributed by atoms with van der Waals surface area (Å²) in [7, 11) is 0. The summed E-state index contributed by atoms with van der Waals surface area (Å²) in [5.41, 5.74) is 1.08. The van der Waals surface area contributed by atoms with E-state index in [4.69, 9.17) is 11.6 Å². The van der Waals surface area contributed by atoms with Gasteiger partial charge in [0.05, 0.1) is 0 Å². The van der Waals surface area contributed by atoms with Gasteiger partial charge < -0.3 is 5.32 Å². The molecular weight excluding hydrogens is 213 g/mol. The Balaban J connectivity index is 2.43. The highest BCUT2D eigenvalue weighted by molar-refractivity contribution is 6.18. The number of nitrogens with one attached hydrogen (secondary N) is 1. The van der Waals surface area contributed by atoms with Gasteiger partial charge in [-0.3, -0.25) is 0 Å². The van der Waals surface area contributed by atoms with E-state index in [1.165, 1.54) is 12.1 Å². The summed E-state index contributed by atoms with van der Waals surface area (Å²) >= 11 is 5.50. The van der Waals surface area contributed by atoms with E-state index in [2.05, 4.69) is 5.32 Å². The third kappa shape index (κ3) is 4.45. The second-order valence-electron chi connectivity index (χ2n) is 3.31. The largest absolute Gasteiger partial charge is 0.307 e. The number of allylic oxidation sites excluding steroid dienone is 1. The predicted molar refractivity (Wildman–Crippen MR) is 62.7 cm³/mol. The second-order valence-corrected chi connectivity index (χ2v) is 3.62. The Morgan fingerprint density at radius 2 is 2.00 bits per heavy atom. The molecule has 0 amide bonds. The first-order valence-electron chi connectivity index (χ1n) is 4.94. The van der Waals surface area contributed by atoms with Gasteiger partial charge >= 0.3 is 0 Å². The summed E-state index contributed by atoms with van der Waals surface area (Å²) in [4.78, 5) is 0. The van der Waals surface area contributed by atoms with Crippen molar-refractivity contribution in [2.45, 2.75) is 13.0 Å². The molecule has 0 aliphatic heterocycles. The van der Waals surface area contributed by atoms with Crippen LogP contribution in [-0.2, 0) is 0 Å². The number of benzene rings is 1. The Morgan fingerprint density at radius 1 is 1.33 bits per heavy atom. The zero-order chi connectivity index (χ0) is 11.1. The quantitative estimate of drug-likeness (QED) is 0.602. The van der Waals surface area contributed by atoms with Crippen molar-refractivity contribution in [3.8, 4) is 0 Å². The minimum atomic E-state index is -0.201. The van der Waals surface area contributed by atoms with Crippen molar-refractivity contribution < 1.29 is 4.39 Å². The van der Waals surface area contributed by atoms with Crippen molar-refractivity contribution in [2.24, 2.45) is 0 Å². The lowest BCUT2D eigenvalue weighted by Crippen LogP contribution is -2.18. The molecule has 0 aliphatic carbocycles. The molecule has 1 atom stereocenters. The molecule has 0 aliphatic rings. The fourth-order valence-corrected chi connectivity index (χ4v) is 1.39. The molecule has 3 heteroatoms. The van der Waals surface area contributed by atoms with E-state index in [0.29, 0.717) is 5.88 Å². The first kappa shape index (κ1) is 12.2. The molecule has 0 spiro atoms. The fourth-order valence-electron chi connectivity index (χ4n) is 1.26. The Bertz CT molecular complexity index is 308. The maximum absolute atomic E-state index is 12.7. The minimum absolute atomic E-state index is 0.201. The molecule has 0 bridgehead atoms. The Kier molecular flexibility index (Phi) is 5.37. The second kappa shape index (κ2) is 6.59. The van der Waals surface area contributed by atoms with Crippen LogP contribution in [0.15, 0.2) is 36.4 Å². The molecule has 15 heavy (non-hydrogen) atoms. The van der Waals surface area contributed by atoms with Gasteiger partial charge in [-0.05, 0) is 24.6 Å². The molecule has 0 aromatic heterocycles. The summed E-state index contributed by atoms with van der Waals surface area (Å²) in [6.07, 6.45) is 3.87. The molecule has 1 N–H and O–H groups in total.